The number of carbonyl (C=O) groups excluding carboxylic acids is 1. The molecule has 1 atom stereocenters. The second kappa shape index (κ2) is 12.3. The molecule has 0 aromatic heterocycles. The number of halogens is 1. The Balaban J connectivity index is 0.00000300. The largest absolute Gasteiger partial charge is 0.355 e. The van der Waals surface area contributed by atoms with Crippen molar-refractivity contribution in [1.82, 2.24) is 20.0 Å². The normalized spacial score (nSPS) is 23.9. The van der Waals surface area contributed by atoms with E-state index < -0.39 is 0 Å². The van der Waals surface area contributed by atoms with Crippen LogP contribution in [0, 0.1) is 17.8 Å². The Labute approximate surface area is 194 Å². The molecule has 29 heavy (non-hydrogen) atoms. The van der Waals surface area contributed by atoms with Crippen molar-refractivity contribution in [2.24, 2.45) is 22.7 Å². The van der Waals surface area contributed by atoms with Gasteiger partial charge in [-0.1, -0.05) is 33.1 Å². The van der Waals surface area contributed by atoms with Crippen LogP contribution in [0.3, 0.4) is 0 Å². The summed E-state index contributed by atoms with van der Waals surface area (Å²) in [5, 5.41) is 3.58. The Kier molecular flexibility index (Phi) is 10.5. The van der Waals surface area contributed by atoms with E-state index in [0.29, 0.717) is 11.8 Å². The number of nitrogens with one attached hydrogen (secondary N) is 1. The lowest BCUT2D eigenvalue weighted by Crippen LogP contribution is -2.52. The third-order valence-electron chi connectivity index (χ3n) is 7.30. The smallest absolute Gasteiger partial charge is 0.225 e. The van der Waals surface area contributed by atoms with Crippen LogP contribution >= 0.6 is 24.0 Å². The van der Waals surface area contributed by atoms with Crippen LogP contribution < -0.4 is 5.32 Å². The molecular formula is C22H42IN5O. The highest BCUT2D eigenvalue weighted by Crippen LogP contribution is 2.29. The van der Waals surface area contributed by atoms with Crippen molar-refractivity contribution >= 4 is 35.8 Å². The Morgan fingerprint density at radius 3 is 2.28 bits per heavy atom. The van der Waals surface area contributed by atoms with Crippen LogP contribution in [0.1, 0.15) is 52.4 Å². The third-order valence-corrected chi connectivity index (χ3v) is 7.30. The summed E-state index contributed by atoms with van der Waals surface area (Å²) in [6, 6.07) is 0. The van der Waals surface area contributed by atoms with Gasteiger partial charge in [-0.3, -0.25) is 14.7 Å². The van der Waals surface area contributed by atoms with Crippen molar-refractivity contribution in [1.29, 1.82) is 0 Å². The van der Waals surface area contributed by atoms with Crippen molar-refractivity contribution in [3.05, 3.63) is 0 Å². The highest BCUT2D eigenvalue weighted by molar-refractivity contribution is 14.0. The summed E-state index contributed by atoms with van der Waals surface area (Å²) in [6.45, 7) is 12.7. The highest BCUT2D eigenvalue weighted by atomic mass is 127. The SMILES string of the molecule is CCC(CC)C1CCN(C(=NC)NCCN2CCN(C(=O)C3CCC3)CC2)C1.I. The molecule has 168 valence electrons. The predicted molar refractivity (Wildman–Crippen MR) is 131 cm³/mol. The van der Waals surface area contributed by atoms with Crippen LogP contribution in [0.5, 0.6) is 0 Å². The Hall–Kier alpha value is -0.570. The molecule has 0 aromatic rings. The maximum absolute atomic E-state index is 12.4. The van der Waals surface area contributed by atoms with E-state index in [1.165, 1.54) is 25.7 Å². The molecular weight excluding hydrogens is 477 g/mol. The van der Waals surface area contributed by atoms with Gasteiger partial charge < -0.3 is 15.1 Å². The predicted octanol–water partition coefficient (Wildman–Crippen LogP) is 2.88. The maximum atomic E-state index is 12.4. The summed E-state index contributed by atoms with van der Waals surface area (Å²) in [7, 11) is 1.90. The molecule has 1 saturated carbocycles. The maximum Gasteiger partial charge on any atom is 0.225 e. The fourth-order valence-corrected chi connectivity index (χ4v) is 5.08. The minimum Gasteiger partial charge on any atom is -0.355 e. The van der Waals surface area contributed by atoms with Crippen molar-refractivity contribution in [2.45, 2.75) is 52.4 Å². The fourth-order valence-electron chi connectivity index (χ4n) is 5.08. The first-order valence-electron chi connectivity index (χ1n) is 11.6. The zero-order valence-corrected chi connectivity index (χ0v) is 21.1. The number of piperazine rings is 1. The van der Waals surface area contributed by atoms with E-state index in [1.54, 1.807) is 0 Å². The molecule has 7 heteroatoms. The molecule has 3 fully saturated rings. The summed E-state index contributed by atoms with van der Waals surface area (Å²) in [5.41, 5.74) is 0. The minimum atomic E-state index is 0. The van der Waals surface area contributed by atoms with Crippen molar-refractivity contribution < 1.29 is 4.79 Å². The van der Waals surface area contributed by atoms with Crippen LogP contribution in [0.15, 0.2) is 4.99 Å². The van der Waals surface area contributed by atoms with Crippen molar-refractivity contribution in [2.75, 3.05) is 59.4 Å². The number of carbonyl (C=O) groups is 1. The first-order chi connectivity index (χ1) is 13.7. The molecule has 2 saturated heterocycles. The van der Waals surface area contributed by atoms with Crippen LogP contribution in [0.2, 0.25) is 0 Å². The zero-order valence-electron chi connectivity index (χ0n) is 18.7. The summed E-state index contributed by atoms with van der Waals surface area (Å²) < 4.78 is 0. The quantitative estimate of drug-likeness (QED) is 0.320. The molecule has 1 N–H and O–H groups in total. The van der Waals surface area contributed by atoms with E-state index in [4.69, 9.17) is 0 Å². The monoisotopic (exact) mass is 519 g/mol. The average Bonchev–Trinajstić information content (AvgIpc) is 3.15. The van der Waals surface area contributed by atoms with E-state index in [-0.39, 0.29) is 24.0 Å². The molecule has 1 unspecified atom stereocenters. The lowest BCUT2D eigenvalue weighted by atomic mass is 9.84. The van der Waals surface area contributed by atoms with E-state index in [0.717, 1.165) is 83.0 Å². The Morgan fingerprint density at radius 1 is 1.03 bits per heavy atom. The van der Waals surface area contributed by atoms with Gasteiger partial charge >= 0.3 is 0 Å². The number of hydrogen-bond donors (Lipinski definition) is 1. The molecule has 1 amide bonds. The van der Waals surface area contributed by atoms with Crippen molar-refractivity contribution in [3.63, 3.8) is 0 Å². The van der Waals surface area contributed by atoms with Gasteiger partial charge in [-0.25, -0.2) is 0 Å². The van der Waals surface area contributed by atoms with Gasteiger partial charge in [0.15, 0.2) is 5.96 Å². The van der Waals surface area contributed by atoms with E-state index in [2.05, 4.69) is 38.9 Å². The lowest BCUT2D eigenvalue weighted by Gasteiger charge is -2.38. The molecule has 0 radical (unpaired) electrons. The first kappa shape index (κ1) is 24.7. The standard InChI is InChI=1S/C22H41N5O.HI/c1-4-18(5-2)20-9-11-27(17-20)22(23-3)24-10-12-25-13-15-26(16-14-25)21(28)19-7-6-8-19;/h18-20H,4-17H2,1-3H3,(H,23,24);1H. The molecule has 3 rings (SSSR count). The fraction of sp³-hybridized carbons (Fsp3) is 0.909. The summed E-state index contributed by atoms with van der Waals surface area (Å²) >= 11 is 0. The lowest BCUT2D eigenvalue weighted by molar-refractivity contribution is -0.139. The number of likely N-dealkylation sites (tertiary alicyclic amines) is 1. The third kappa shape index (κ3) is 6.45. The Bertz CT molecular complexity index is 527. The number of rotatable bonds is 7. The number of aliphatic imine (C=N–C) groups is 1. The topological polar surface area (TPSA) is 51.2 Å². The summed E-state index contributed by atoms with van der Waals surface area (Å²) in [6.07, 6.45) is 7.32. The number of amides is 1. The molecule has 6 nitrogen and oxygen atoms in total. The average molecular weight is 520 g/mol. The minimum absolute atomic E-state index is 0. The number of nitrogens with zero attached hydrogens (tertiary/aromatic N) is 4. The van der Waals surface area contributed by atoms with Gasteiger partial charge in [0, 0.05) is 65.3 Å². The molecule has 0 aromatic carbocycles. The number of guanidine groups is 1. The second-order valence-corrected chi connectivity index (χ2v) is 8.84. The van der Waals surface area contributed by atoms with Crippen LogP contribution in [0.25, 0.3) is 0 Å². The molecule has 1 aliphatic carbocycles. The molecule has 2 aliphatic heterocycles. The van der Waals surface area contributed by atoms with Crippen molar-refractivity contribution in [3.8, 4) is 0 Å². The molecule has 2 heterocycles. The highest BCUT2D eigenvalue weighted by Gasteiger charge is 2.31. The zero-order chi connectivity index (χ0) is 19.9. The Morgan fingerprint density at radius 2 is 1.72 bits per heavy atom. The van der Waals surface area contributed by atoms with Crippen LogP contribution in [0.4, 0.5) is 0 Å². The molecule has 0 bridgehead atoms. The summed E-state index contributed by atoms with van der Waals surface area (Å²) in [5.74, 6) is 3.47. The van der Waals surface area contributed by atoms with Gasteiger partial charge in [-0.2, -0.15) is 0 Å². The molecule has 0 spiro atoms. The van der Waals surface area contributed by atoms with Gasteiger partial charge in [0.05, 0.1) is 0 Å². The van der Waals surface area contributed by atoms with Crippen LogP contribution in [-0.4, -0.2) is 86.0 Å². The van der Waals surface area contributed by atoms with E-state index in [9.17, 15) is 4.79 Å². The summed E-state index contributed by atoms with van der Waals surface area (Å²) in [4.78, 5) is 23.9. The second-order valence-electron chi connectivity index (χ2n) is 8.84. The van der Waals surface area contributed by atoms with Gasteiger partial charge in [0.25, 0.3) is 0 Å². The van der Waals surface area contributed by atoms with Gasteiger partial charge in [-0.05, 0) is 31.1 Å². The van der Waals surface area contributed by atoms with Gasteiger partial charge in [0.2, 0.25) is 5.91 Å². The van der Waals surface area contributed by atoms with Gasteiger partial charge in [0.1, 0.15) is 0 Å². The van der Waals surface area contributed by atoms with Gasteiger partial charge in [-0.15, -0.1) is 24.0 Å². The first-order valence-corrected chi connectivity index (χ1v) is 11.6. The van der Waals surface area contributed by atoms with Crippen LogP contribution in [-0.2, 0) is 4.79 Å². The van der Waals surface area contributed by atoms with E-state index >= 15 is 0 Å². The number of hydrogen-bond acceptors (Lipinski definition) is 3. The van der Waals surface area contributed by atoms with E-state index in [1.807, 2.05) is 7.05 Å². The molecule has 3 aliphatic rings.